The van der Waals surface area contributed by atoms with E-state index < -0.39 is 0 Å². The molecule has 106 valence electrons. The van der Waals surface area contributed by atoms with Crippen LogP contribution in [0.3, 0.4) is 0 Å². The molecule has 1 aromatic carbocycles. The number of hydrogen-bond donors (Lipinski definition) is 0. The average Bonchev–Trinajstić information content (AvgIpc) is 2.84. The van der Waals surface area contributed by atoms with E-state index in [1.807, 2.05) is 44.2 Å². The number of aromatic nitrogens is 2. The SMILES string of the molecule is CC(C)CC(=O)Cc1nc(COc2ccccc2)no1. The van der Waals surface area contributed by atoms with Crippen molar-refractivity contribution in [1.29, 1.82) is 0 Å². The van der Waals surface area contributed by atoms with E-state index in [1.54, 1.807) is 0 Å². The monoisotopic (exact) mass is 274 g/mol. The van der Waals surface area contributed by atoms with Gasteiger partial charge in [0.1, 0.15) is 11.5 Å². The van der Waals surface area contributed by atoms with Crippen molar-refractivity contribution in [3.05, 3.63) is 42.0 Å². The normalized spacial score (nSPS) is 10.8. The Morgan fingerprint density at radius 2 is 2.05 bits per heavy atom. The van der Waals surface area contributed by atoms with Crippen LogP contribution < -0.4 is 4.74 Å². The molecule has 1 heterocycles. The van der Waals surface area contributed by atoms with Gasteiger partial charge in [-0.15, -0.1) is 0 Å². The summed E-state index contributed by atoms with van der Waals surface area (Å²) in [5.41, 5.74) is 0. The van der Waals surface area contributed by atoms with Gasteiger partial charge in [-0.1, -0.05) is 37.2 Å². The average molecular weight is 274 g/mol. The molecule has 2 aromatic rings. The van der Waals surface area contributed by atoms with Gasteiger partial charge in [0.25, 0.3) is 0 Å². The number of Topliss-reactive ketones (excluding diaryl/α,β-unsaturated/α-hetero) is 1. The molecule has 0 atom stereocenters. The third-order valence-electron chi connectivity index (χ3n) is 2.61. The summed E-state index contributed by atoms with van der Waals surface area (Å²) in [6, 6.07) is 9.41. The van der Waals surface area contributed by atoms with Crippen molar-refractivity contribution in [3.63, 3.8) is 0 Å². The molecule has 0 unspecified atom stereocenters. The van der Waals surface area contributed by atoms with Crippen molar-refractivity contribution in [2.24, 2.45) is 5.92 Å². The highest BCUT2D eigenvalue weighted by atomic mass is 16.5. The smallest absolute Gasteiger partial charge is 0.234 e. The van der Waals surface area contributed by atoms with Crippen LogP contribution in [0.5, 0.6) is 5.75 Å². The molecule has 0 fully saturated rings. The van der Waals surface area contributed by atoms with Gasteiger partial charge in [0.05, 0.1) is 6.42 Å². The lowest BCUT2D eigenvalue weighted by Crippen LogP contribution is -2.06. The summed E-state index contributed by atoms with van der Waals surface area (Å²) in [7, 11) is 0. The van der Waals surface area contributed by atoms with Gasteiger partial charge in [-0.25, -0.2) is 0 Å². The summed E-state index contributed by atoms with van der Waals surface area (Å²) in [6.07, 6.45) is 0.717. The Morgan fingerprint density at radius 1 is 1.30 bits per heavy atom. The van der Waals surface area contributed by atoms with E-state index in [0.717, 1.165) is 5.75 Å². The minimum atomic E-state index is 0.110. The minimum Gasteiger partial charge on any atom is -0.485 e. The zero-order valence-electron chi connectivity index (χ0n) is 11.7. The molecule has 0 saturated carbocycles. The van der Waals surface area contributed by atoms with E-state index in [4.69, 9.17) is 9.26 Å². The zero-order valence-corrected chi connectivity index (χ0v) is 11.7. The van der Waals surface area contributed by atoms with Crippen molar-refractivity contribution in [2.45, 2.75) is 33.3 Å². The van der Waals surface area contributed by atoms with Crippen LogP contribution in [0.1, 0.15) is 32.0 Å². The van der Waals surface area contributed by atoms with E-state index in [0.29, 0.717) is 24.1 Å². The summed E-state index contributed by atoms with van der Waals surface area (Å²) in [5, 5.41) is 3.80. The third-order valence-corrected chi connectivity index (χ3v) is 2.61. The molecule has 5 nitrogen and oxygen atoms in total. The second kappa shape index (κ2) is 6.84. The third kappa shape index (κ3) is 4.50. The highest BCUT2D eigenvalue weighted by Gasteiger charge is 2.12. The molecule has 0 N–H and O–H groups in total. The topological polar surface area (TPSA) is 65.2 Å². The molecule has 2 rings (SSSR count). The van der Waals surface area contributed by atoms with E-state index in [1.165, 1.54) is 0 Å². The summed E-state index contributed by atoms with van der Waals surface area (Å²) >= 11 is 0. The molecule has 0 amide bonds. The van der Waals surface area contributed by atoms with Crippen molar-refractivity contribution in [2.75, 3.05) is 0 Å². The van der Waals surface area contributed by atoms with Gasteiger partial charge in [0.15, 0.2) is 6.61 Å². The summed E-state index contributed by atoms with van der Waals surface area (Å²) in [4.78, 5) is 15.8. The number of carbonyl (C=O) groups is 1. The highest BCUT2D eigenvalue weighted by molar-refractivity contribution is 5.80. The second-order valence-corrected chi connectivity index (χ2v) is 5.02. The van der Waals surface area contributed by atoms with Crippen molar-refractivity contribution < 1.29 is 14.1 Å². The van der Waals surface area contributed by atoms with Crippen molar-refractivity contribution >= 4 is 5.78 Å². The molecule has 1 aromatic heterocycles. The Balaban J connectivity index is 1.84. The van der Waals surface area contributed by atoms with Gasteiger partial charge >= 0.3 is 0 Å². The van der Waals surface area contributed by atoms with E-state index in [9.17, 15) is 4.79 Å². The minimum absolute atomic E-state index is 0.110. The second-order valence-electron chi connectivity index (χ2n) is 5.02. The molecule has 20 heavy (non-hydrogen) atoms. The quantitative estimate of drug-likeness (QED) is 0.776. The Morgan fingerprint density at radius 3 is 2.75 bits per heavy atom. The van der Waals surface area contributed by atoms with Gasteiger partial charge in [-0.3, -0.25) is 4.79 Å². The molecule has 0 saturated heterocycles. The predicted molar refractivity (Wildman–Crippen MR) is 73.2 cm³/mol. The first-order valence-corrected chi connectivity index (χ1v) is 6.64. The van der Waals surface area contributed by atoms with Crippen molar-refractivity contribution in [1.82, 2.24) is 10.1 Å². The summed E-state index contributed by atoms with van der Waals surface area (Å²) in [6.45, 7) is 4.24. The molecular formula is C15H18N2O3. The van der Waals surface area contributed by atoms with Crippen LogP contribution in [-0.4, -0.2) is 15.9 Å². The number of nitrogens with zero attached hydrogens (tertiary/aromatic N) is 2. The Labute approximate surface area is 118 Å². The number of hydrogen-bond acceptors (Lipinski definition) is 5. The molecule has 0 radical (unpaired) electrons. The fourth-order valence-electron chi connectivity index (χ4n) is 1.78. The highest BCUT2D eigenvalue weighted by Crippen LogP contribution is 2.11. The predicted octanol–water partition coefficient (Wildman–Crippen LogP) is 2.81. The first-order chi connectivity index (χ1) is 9.63. The van der Waals surface area contributed by atoms with Crippen LogP contribution in [0, 0.1) is 5.92 Å². The van der Waals surface area contributed by atoms with Gasteiger partial charge in [-0.2, -0.15) is 4.98 Å². The van der Waals surface area contributed by atoms with Gasteiger partial charge in [0, 0.05) is 6.42 Å². The zero-order chi connectivity index (χ0) is 14.4. The first kappa shape index (κ1) is 14.2. The Hall–Kier alpha value is -2.17. The number of ether oxygens (including phenoxy) is 1. The maximum Gasteiger partial charge on any atom is 0.234 e. The van der Waals surface area contributed by atoms with E-state index >= 15 is 0 Å². The molecule has 0 bridgehead atoms. The van der Waals surface area contributed by atoms with Gasteiger partial charge in [0.2, 0.25) is 11.7 Å². The summed E-state index contributed by atoms with van der Waals surface area (Å²) in [5.74, 6) is 1.99. The van der Waals surface area contributed by atoms with E-state index in [2.05, 4.69) is 10.1 Å². The van der Waals surface area contributed by atoms with Crippen LogP contribution >= 0.6 is 0 Å². The molecule has 0 aliphatic heterocycles. The largest absolute Gasteiger partial charge is 0.485 e. The number of ketones is 1. The molecular weight excluding hydrogens is 256 g/mol. The number of rotatable bonds is 7. The van der Waals surface area contributed by atoms with Gasteiger partial charge < -0.3 is 9.26 Å². The maximum absolute atomic E-state index is 11.7. The summed E-state index contributed by atoms with van der Waals surface area (Å²) < 4.78 is 10.5. The van der Waals surface area contributed by atoms with Crippen LogP contribution in [0.2, 0.25) is 0 Å². The first-order valence-electron chi connectivity index (χ1n) is 6.64. The van der Waals surface area contributed by atoms with Gasteiger partial charge in [-0.05, 0) is 18.1 Å². The molecule has 0 spiro atoms. The Kier molecular flexibility index (Phi) is 4.87. The number of para-hydroxylation sites is 1. The molecule has 0 aliphatic carbocycles. The molecule has 0 aliphatic rings. The maximum atomic E-state index is 11.7. The standard InChI is InChI=1S/C15H18N2O3/c1-11(2)8-12(18)9-15-16-14(17-20-15)10-19-13-6-4-3-5-7-13/h3-7,11H,8-10H2,1-2H3. The number of benzene rings is 1. The molecule has 5 heteroatoms. The fraction of sp³-hybridized carbons (Fsp3) is 0.400. The lowest BCUT2D eigenvalue weighted by Gasteiger charge is -2.01. The number of carbonyl (C=O) groups excluding carboxylic acids is 1. The lowest BCUT2D eigenvalue weighted by molar-refractivity contribution is -0.119. The van der Waals surface area contributed by atoms with Crippen LogP contribution in [0.15, 0.2) is 34.9 Å². The fourth-order valence-corrected chi connectivity index (χ4v) is 1.78. The van der Waals surface area contributed by atoms with E-state index in [-0.39, 0.29) is 18.8 Å². The van der Waals surface area contributed by atoms with Crippen LogP contribution in [0.4, 0.5) is 0 Å². The Bertz CT molecular complexity index is 549. The van der Waals surface area contributed by atoms with Crippen LogP contribution in [-0.2, 0) is 17.8 Å². The lowest BCUT2D eigenvalue weighted by atomic mass is 10.1. The van der Waals surface area contributed by atoms with Crippen LogP contribution in [0.25, 0.3) is 0 Å². The van der Waals surface area contributed by atoms with Crippen molar-refractivity contribution in [3.8, 4) is 5.75 Å².